The largest absolute Gasteiger partial charge is 0.421 e. The predicted octanol–water partition coefficient (Wildman–Crippen LogP) is 4.77. The van der Waals surface area contributed by atoms with E-state index in [2.05, 4.69) is 36.5 Å². The summed E-state index contributed by atoms with van der Waals surface area (Å²) in [5.41, 5.74) is 2.38. The number of aryl methyl sites for hydroxylation is 1. The molecule has 1 fully saturated rings. The van der Waals surface area contributed by atoms with Gasteiger partial charge in [0, 0.05) is 49.4 Å². The first kappa shape index (κ1) is 21.7. The van der Waals surface area contributed by atoms with Gasteiger partial charge in [-0.1, -0.05) is 11.6 Å². The zero-order valence-corrected chi connectivity index (χ0v) is 19.5. The summed E-state index contributed by atoms with van der Waals surface area (Å²) in [6, 6.07) is 4.77. The van der Waals surface area contributed by atoms with Gasteiger partial charge in [0.15, 0.2) is 11.6 Å². The first-order valence-corrected chi connectivity index (χ1v) is 11.5. The van der Waals surface area contributed by atoms with Crippen LogP contribution in [0.15, 0.2) is 23.8 Å². The fourth-order valence-corrected chi connectivity index (χ4v) is 4.68. The highest BCUT2D eigenvalue weighted by Crippen LogP contribution is 2.36. The summed E-state index contributed by atoms with van der Waals surface area (Å²) in [6.45, 7) is 7.13. The smallest absolute Gasteiger partial charge is 0.326 e. The topological polar surface area (TPSA) is 66.4 Å². The molecule has 0 atom stereocenters. The highest BCUT2D eigenvalue weighted by atomic mass is 32.1. The van der Waals surface area contributed by atoms with Gasteiger partial charge in [0.2, 0.25) is 0 Å². The van der Waals surface area contributed by atoms with Gasteiger partial charge in [-0.25, -0.2) is 8.78 Å². The number of allylic oxidation sites excluding steroid dienone is 1. The third kappa shape index (κ3) is 4.53. The molecule has 0 spiro atoms. The normalized spacial score (nSPS) is 16.0. The molecule has 0 radical (unpaired) electrons. The number of benzene rings is 1. The SMILES string of the molecule is CC1=Cc2c(F)c(Oc3nc(Nc4cc(C)ns4)cc(N4CCN(C)CC4)n3)cc(F)c2C1. The summed E-state index contributed by atoms with van der Waals surface area (Å²) in [7, 11) is 2.08. The molecule has 1 saturated heterocycles. The highest BCUT2D eigenvalue weighted by Gasteiger charge is 2.24. The van der Waals surface area contributed by atoms with Crippen molar-refractivity contribution in [3.8, 4) is 11.8 Å². The van der Waals surface area contributed by atoms with Crippen LogP contribution in [0, 0.1) is 18.6 Å². The van der Waals surface area contributed by atoms with Gasteiger partial charge in [0.25, 0.3) is 0 Å². The van der Waals surface area contributed by atoms with Crippen LogP contribution in [0.3, 0.4) is 0 Å². The molecule has 1 N–H and O–H groups in total. The lowest BCUT2D eigenvalue weighted by atomic mass is 10.1. The number of aromatic nitrogens is 3. The standard InChI is InChI=1S/C23H24F2N6OS/c1-13-8-15-16(9-13)22(25)18(11-17(15)24)32-23-27-19(26-21-10-14(2)29-33-21)12-20(28-23)31-6-4-30(3)5-7-31/h9-12H,4-8H2,1-3H3,(H,26,27,28). The van der Waals surface area contributed by atoms with Crippen LogP contribution in [0.2, 0.25) is 0 Å². The molecule has 3 heterocycles. The van der Waals surface area contributed by atoms with E-state index in [9.17, 15) is 4.39 Å². The van der Waals surface area contributed by atoms with E-state index < -0.39 is 11.6 Å². The van der Waals surface area contributed by atoms with E-state index in [-0.39, 0.29) is 17.3 Å². The number of likely N-dealkylation sites (N-methyl/N-ethyl adjacent to an activating group) is 1. The molecule has 0 unspecified atom stereocenters. The Morgan fingerprint density at radius 3 is 2.58 bits per heavy atom. The maximum atomic E-state index is 15.1. The van der Waals surface area contributed by atoms with Crippen molar-refractivity contribution in [2.24, 2.45) is 0 Å². The molecule has 10 heteroatoms. The molecular formula is C23H24F2N6OS. The van der Waals surface area contributed by atoms with Crippen molar-refractivity contribution in [1.82, 2.24) is 19.2 Å². The molecular weight excluding hydrogens is 446 g/mol. The summed E-state index contributed by atoms with van der Waals surface area (Å²) in [5, 5.41) is 4.04. The van der Waals surface area contributed by atoms with Gasteiger partial charge in [0.05, 0.1) is 5.69 Å². The van der Waals surface area contributed by atoms with E-state index in [1.165, 1.54) is 11.5 Å². The number of hydrogen-bond donors (Lipinski definition) is 1. The first-order valence-electron chi connectivity index (χ1n) is 10.7. The molecule has 3 aromatic rings. The van der Waals surface area contributed by atoms with Crippen LogP contribution in [-0.2, 0) is 6.42 Å². The van der Waals surface area contributed by atoms with Gasteiger partial charge in [-0.05, 0) is 44.9 Å². The third-order valence-electron chi connectivity index (χ3n) is 5.77. The van der Waals surface area contributed by atoms with Crippen LogP contribution in [0.25, 0.3) is 6.08 Å². The van der Waals surface area contributed by atoms with Crippen molar-refractivity contribution >= 4 is 34.2 Å². The quantitative estimate of drug-likeness (QED) is 0.576. The second-order valence-electron chi connectivity index (χ2n) is 8.47. The number of ether oxygens (including phenoxy) is 1. The molecule has 5 rings (SSSR count). The summed E-state index contributed by atoms with van der Waals surface area (Å²) in [4.78, 5) is 13.3. The average molecular weight is 471 g/mol. The maximum absolute atomic E-state index is 15.1. The van der Waals surface area contributed by atoms with Crippen LogP contribution in [0.5, 0.6) is 11.8 Å². The Balaban J connectivity index is 1.50. The summed E-state index contributed by atoms with van der Waals surface area (Å²) >= 11 is 1.32. The molecule has 33 heavy (non-hydrogen) atoms. The Morgan fingerprint density at radius 2 is 1.85 bits per heavy atom. The van der Waals surface area contributed by atoms with Crippen LogP contribution >= 0.6 is 11.5 Å². The van der Waals surface area contributed by atoms with Crippen molar-refractivity contribution in [3.63, 3.8) is 0 Å². The molecule has 1 aliphatic heterocycles. The highest BCUT2D eigenvalue weighted by molar-refractivity contribution is 7.10. The fourth-order valence-electron chi connectivity index (χ4n) is 4.01. The molecule has 0 amide bonds. The third-order valence-corrected chi connectivity index (χ3v) is 6.57. The molecule has 7 nitrogen and oxygen atoms in total. The van der Waals surface area contributed by atoms with Crippen LogP contribution in [0.4, 0.5) is 25.4 Å². The Labute approximate surface area is 194 Å². The number of piperazine rings is 1. The van der Waals surface area contributed by atoms with Gasteiger partial charge in [-0.3, -0.25) is 0 Å². The first-order chi connectivity index (χ1) is 15.9. The second kappa shape index (κ2) is 8.68. The Morgan fingerprint density at radius 1 is 1.06 bits per heavy atom. The van der Waals surface area contributed by atoms with Gasteiger partial charge >= 0.3 is 6.01 Å². The Bertz CT molecular complexity index is 1240. The molecule has 1 aromatic carbocycles. The van der Waals surface area contributed by atoms with Gasteiger partial charge in [0.1, 0.15) is 22.5 Å². The van der Waals surface area contributed by atoms with Gasteiger partial charge in [-0.2, -0.15) is 14.3 Å². The minimum Gasteiger partial charge on any atom is -0.421 e. The Kier molecular flexibility index (Phi) is 5.71. The van der Waals surface area contributed by atoms with E-state index in [0.717, 1.165) is 48.5 Å². The predicted molar refractivity (Wildman–Crippen MR) is 126 cm³/mol. The van der Waals surface area contributed by atoms with E-state index >= 15 is 4.39 Å². The lowest BCUT2D eigenvalue weighted by Crippen LogP contribution is -2.44. The van der Waals surface area contributed by atoms with Crippen molar-refractivity contribution in [3.05, 3.63) is 52.2 Å². The second-order valence-corrected chi connectivity index (χ2v) is 9.28. The Hall–Kier alpha value is -3.11. The van der Waals surface area contributed by atoms with E-state index in [0.29, 0.717) is 23.6 Å². The number of halogens is 2. The zero-order valence-electron chi connectivity index (χ0n) is 18.7. The fraction of sp³-hybridized carbons (Fsp3) is 0.348. The maximum Gasteiger partial charge on any atom is 0.326 e. The average Bonchev–Trinajstić information content (AvgIpc) is 3.37. The monoisotopic (exact) mass is 470 g/mol. The number of rotatable bonds is 5. The van der Waals surface area contributed by atoms with Gasteiger partial charge in [-0.15, -0.1) is 0 Å². The van der Waals surface area contributed by atoms with Crippen molar-refractivity contribution in [2.75, 3.05) is 43.4 Å². The van der Waals surface area contributed by atoms with Crippen molar-refractivity contribution < 1.29 is 13.5 Å². The molecule has 0 bridgehead atoms. The van der Waals surface area contributed by atoms with Crippen LogP contribution in [-0.4, -0.2) is 52.5 Å². The van der Waals surface area contributed by atoms with Crippen molar-refractivity contribution in [1.29, 1.82) is 0 Å². The number of hydrogen-bond acceptors (Lipinski definition) is 8. The lowest BCUT2D eigenvalue weighted by Gasteiger charge is -2.33. The molecule has 1 aliphatic carbocycles. The van der Waals surface area contributed by atoms with Crippen LogP contribution in [0.1, 0.15) is 23.7 Å². The minimum atomic E-state index is -0.607. The van der Waals surface area contributed by atoms with Crippen LogP contribution < -0.4 is 15.0 Å². The number of fused-ring (bicyclic) bond motifs is 1. The minimum absolute atomic E-state index is 0.0490. The van der Waals surface area contributed by atoms with Gasteiger partial charge < -0.3 is 19.9 Å². The summed E-state index contributed by atoms with van der Waals surface area (Å²) in [5.74, 6) is -0.176. The number of anilines is 3. The van der Waals surface area contributed by atoms with E-state index in [4.69, 9.17) is 4.74 Å². The number of nitrogens with one attached hydrogen (secondary N) is 1. The lowest BCUT2D eigenvalue weighted by molar-refractivity contribution is 0.311. The molecule has 2 aromatic heterocycles. The van der Waals surface area contributed by atoms with Crippen molar-refractivity contribution in [2.45, 2.75) is 20.3 Å². The molecule has 0 saturated carbocycles. The zero-order chi connectivity index (χ0) is 23.1. The summed E-state index contributed by atoms with van der Waals surface area (Å²) < 4.78 is 39.8. The molecule has 2 aliphatic rings. The summed E-state index contributed by atoms with van der Waals surface area (Å²) in [6.07, 6.45) is 2.05. The van der Waals surface area contributed by atoms with E-state index in [1.54, 1.807) is 6.08 Å². The number of nitrogens with zero attached hydrogens (tertiary/aromatic N) is 5. The molecule has 172 valence electrons. The van der Waals surface area contributed by atoms with E-state index in [1.807, 2.05) is 26.0 Å².